The summed E-state index contributed by atoms with van der Waals surface area (Å²) in [5.74, 6) is 0.606. The first-order valence-electron chi connectivity index (χ1n) is 9.68. The van der Waals surface area contributed by atoms with Gasteiger partial charge in [-0.2, -0.15) is 5.10 Å². The van der Waals surface area contributed by atoms with Crippen molar-refractivity contribution in [1.82, 2.24) is 5.43 Å². The van der Waals surface area contributed by atoms with Crippen molar-refractivity contribution >= 4 is 39.6 Å². The molecule has 32 heavy (non-hydrogen) atoms. The third-order valence-electron chi connectivity index (χ3n) is 5.00. The number of fused-ring (bicyclic) bond motifs is 3. The van der Waals surface area contributed by atoms with Crippen molar-refractivity contribution in [2.45, 2.75) is 0 Å². The van der Waals surface area contributed by atoms with Crippen LogP contribution in [0.3, 0.4) is 0 Å². The molecule has 0 saturated carbocycles. The fourth-order valence-corrected chi connectivity index (χ4v) is 3.44. The fourth-order valence-electron chi connectivity index (χ4n) is 3.44. The topological polar surface area (TPSA) is 111 Å². The van der Waals surface area contributed by atoms with Crippen LogP contribution >= 0.6 is 0 Å². The summed E-state index contributed by atoms with van der Waals surface area (Å²) in [6, 6.07) is 22.8. The first-order valence-corrected chi connectivity index (χ1v) is 9.68. The molecule has 8 nitrogen and oxygen atoms in total. The molecule has 0 saturated heterocycles. The van der Waals surface area contributed by atoms with E-state index in [1.165, 1.54) is 18.3 Å². The molecule has 0 atom stereocenters. The van der Waals surface area contributed by atoms with Crippen molar-refractivity contribution in [3.05, 3.63) is 100 Å². The smallest absolute Gasteiger partial charge is 0.307 e. The number of carbonyl (C=O) groups is 1. The summed E-state index contributed by atoms with van der Waals surface area (Å²) in [4.78, 5) is 22.7. The molecule has 2 aromatic heterocycles. The van der Waals surface area contributed by atoms with Crippen LogP contribution in [-0.4, -0.2) is 17.0 Å². The van der Waals surface area contributed by atoms with Gasteiger partial charge in [0, 0.05) is 23.1 Å². The molecule has 0 radical (unpaired) electrons. The Bertz CT molecular complexity index is 1500. The molecule has 0 aliphatic rings. The van der Waals surface area contributed by atoms with Crippen LogP contribution in [0.1, 0.15) is 16.3 Å². The lowest BCUT2D eigenvalue weighted by molar-refractivity contribution is -0.384. The highest BCUT2D eigenvalue weighted by Crippen LogP contribution is 2.28. The minimum absolute atomic E-state index is 0.00314. The van der Waals surface area contributed by atoms with Gasteiger partial charge in [0.2, 0.25) is 0 Å². The van der Waals surface area contributed by atoms with Gasteiger partial charge in [-0.15, -0.1) is 0 Å². The predicted octanol–water partition coefficient (Wildman–Crippen LogP) is 5.52. The Labute approximate surface area is 180 Å². The van der Waals surface area contributed by atoms with Crippen LogP contribution in [0.25, 0.3) is 33.1 Å². The molecule has 0 aliphatic carbocycles. The van der Waals surface area contributed by atoms with E-state index in [-0.39, 0.29) is 11.4 Å². The second-order valence-electron chi connectivity index (χ2n) is 7.01. The number of furan rings is 2. The standard InChI is InChI=1S/C24H15N3O5/c28-24(23-13-20-19-4-2-1-3-15(19)7-11-22(20)32-23)26-25-14-18-10-12-21(31-18)16-5-8-17(9-6-16)27(29)30/h1-14H,(H,26,28). The van der Waals surface area contributed by atoms with Gasteiger partial charge in [0.15, 0.2) is 5.76 Å². The Balaban J connectivity index is 1.29. The molecule has 0 spiro atoms. The van der Waals surface area contributed by atoms with Gasteiger partial charge >= 0.3 is 5.91 Å². The van der Waals surface area contributed by atoms with Crippen molar-refractivity contribution in [3.8, 4) is 11.3 Å². The summed E-state index contributed by atoms with van der Waals surface area (Å²) in [5.41, 5.74) is 3.74. The van der Waals surface area contributed by atoms with Crippen LogP contribution in [0, 0.1) is 10.1 Å². The Morgan fingerprint density at radius 2 is 1.75 bits per heavy atom. The van der Waals surface area contributed by atoms with Crippen molar-refractivity contribution in [2.24, 2.45) is 5.10 Å². The number of hydrogen-bond acceptors (Lipinski definition) is 6. The number of nitro groups is 1. The van der Waals surface area contributed by atoms with E-state index in [9.17, 15) is 14.9 Å². The van der Waals surface area contributed by atoms with Gasteiger partial charge in [0.1, 0.15) is 17.1 Å². The van der Waals surface area contributed by atoms with E-state index >= 15 is 0 Å². The van der Waals surface area contributed by atoms with Gasteiger partial charge in [-0.25, -0.2) is 5.43 Å². The average molecular weight is 425 g/mol. The van der Waals surface area contributed by atoms with Gasteiger partial charge in [-0.05, 0) is 47.2 Å². The molecule has 5 rings (SSSR count). The van der Waals surface area contributed by atoms with E-state index < -0.39 is 10.8 Å². The van der Waals surface area contributed by atoms with Gasteiger partial charge in [0.05, 0.1) is 11.1 Å². The minimum atomic E-state index is -0.483. The van der Waals surface area contributed by atoms with Gasteiger partial charge < -0.3 is 8.83 Å². The Morgan fingerprint density at radius 3 is 2.56 bits per heavy atom. The molecule has 0 aliphatic heterocycles. The highest BCUT2D eigenvalue weighted by Gasteiger charge is 2.13. The lowest BCUT2D eigenvalue weighted by atomic mass is 10.1. The summed E-state index contributed by atoms with van der Waals surface area (Å²) in [6.07, 6.45) is 1.37. The van der Waals surface area contributed by atoms with Gasteiger partial charge in [-0.1, -0.05) is 30.3 Å². The molecule has 1 amide bonds. The van der Waals surface area contributed by atoms with Gasteiger partial charge in [0.25, 0.3) is 5.69 Å². The molecular weight excluding hydrogens is 410 g/mol. The van der Waals surface area contributed by atoms with E-state index in [4.69, 9.17) is 8.83 Å². The largest absolute Gasteiger partial charge is 0.455 e. The van der Waals surface area contributed by atoms with E-state index in [0.29, 0.717) is 22.7 Å². The molecule has 8 heteroatoms. The average Bonchev–Trinajstić information content (AvgIpc) is 3.46. The third kappa shape index (κ3) is 3.61. The maximum atomic E-state index is 12.4. The molecule has 156 valence electrons. The van der Waals surface area contributed by atoms with Crippen LogP contribution in [0.2, 0.25) is 0 Å². The Morgan fingerprint density at radius 1 is 0.938 bits per heavy atom. The lowest BCUT2D eigenvalue weighted by Gasteiger charge is -1.96. The molecule has 1 N–H and O–H groups in total. The molecule has 0 fully saturated rings. The zero-order valence-corrected chi connectivity index (χ0v) is 16.5. The number of nitrogens with zero attached hydrogens (tertiary/aromatic N) is 2. The summed E-state index contributed by atoms with van der Waals surface area (Å²) in [6.45, 7) is 0. The zero-order valence-electron chi connectivity index (χ0n) is 16.5. The van der Waals surface area contributed by atoms with E-state index in [0.717, 1.165) is 16.2 Å². The SMILES string of the molecule is O=C(NN=Cc1ccc(-c2ccc([N+](=O)[O-])cc2)o1)c1cc2c(ccc3ccccc32)o1. The zero-order chi connectivity index (χ0) is 22.1. The van der Waals surface area contributed by atoms with Crippen molar-refractivity contribution in [2.75, 3.05) is 0 Å². The number of hydrazone groups is 1. The number of benzene rings is 3. The summed E-state index contributed by atoms with van der Waals surface area (Å²) < 4.78 is 11.3. The van der Waals surface area contributed by atoms with Crippen LogP contribution < -0.4 is 5.43 Å². The second-order valence-corrected chi connectivity index (χ2v) is 7.01. The monoisotopic (exact) mass is 425 g/mol. The van der Waals surface area contributed by atoms with Crippen molar-refractivity contribution in [1.29, 1.82) is 0 Å². The molecule has 0 unspecified atom stereocenters. The highest BCUT2D eigenvalue weighted by molar-refractivity contribution is 6.08. The second kappa shape index (κ2) is 7.84. The summed E-state index contributed by atoms with van der Waals surface area (Å²) in [5, 5.41) is 17.6. The summed E-state index contributed by atoms with van der Waals surface area (Å²) >= 11 is 0. The first kappa shape index (κ1) is 19.3. The van der Waals surface area contributed by atoms with Crippen molar-refractivity contribution < 1.29 is 18.6 Å². The first-order chi connectivity index (χ1) is 15.6. The molecule has 2 heterocycles. The van der Waals surface area contributed by atoms with E-state index in [1.54, 1.807) is 30.3 Å². The summed E-state index contributed by atoms with van der Waals surface area (Å²) in [7, 11) is 0. The normalized spacial score (nSPS) is 11.4. The number of carbonyl (C=O) groups excluding carboxylic acids is 1. The number of nitrogens with one attached hydrogen (secondary N) is 1. The van der Waals surface area contributed by atoms with E-state index in [1.807, 2.05) is 36.4 Å². The maximum absolute atomic E-state index is 12.4. The maximum Gasteiger partial charge on any atom is 0.307 e. The third-order valence-corrected chi connectivity index (χ3v) is 5.00. The molecular formula is C24H15N3O5. The van der Waals surface area contributed by atoms with Crippen molar-refractivity contribution in [3.63, 3.8) is 0 Å². The van der Waals surface area contributed by atoms with Gasteiger partial charge in [-0.3, -0.25) is 14.9 Å². The Hall–Kier alpha value is -4.72. The van der Waals surface area contributed by atoms with Crippen LogP contribution in [0.5, 0.6) is 0 Å². The Kier molecular flexibility index (Phi) is 4.72. The number of non-ortho nitro benzene ring substituents is 1. The fraction of sp³-hybridized carbons (Fsp3) is 0. The molecule has 0 bridgehead atoms. The molecule has 3 aromatic carbocycles. The van der Waals surface area contributed by atoms with Crippen LogP contribution in [0.4, 0.5) is 5.69 Å². The predicted molar refractivity (Wildman–Crippen MR) is 120 cm³/mol. The van der Waals surface area contributed by atoms with Crippen LogP contribution in [-0.2, 0) is 0 Å². The minimum Gasteiger partial charge on any atom is -0.455 e. The number of hydrogen-bond donors (Lipinski definition) is 1. The molecule has 5 aromatic rings. The number of amides is 1. The number of rotatable bonds is 5. The van der Waals surface area contributed by atoms with Crippen LogP contribution in [0.15, 0.2) is 92.8 Å². The lowest BCUT2D eigenvalue weighted by Crippen LogP contribution is -2.16. The number of nitro benzene ring substituents is 1. The highest BCUT2D eigenvalue weighted by atomic mass is 16.6. The quantitative estimate of drug-likeness (QED) is 0.226. The van der Waals surface area contributed by atoms with E-state index in [2.05, 4.69) is 10.5 Å².